The zero-order chi connectivity index (χ0) is 10.7. The van der Waals surface area contributed by atoms with Gasteiger partial charge in [0.2, 0.25) is 0 Å². The molecule has 1 heterocycles. The van der Waals surface area contributed by atoms with Crippen LogP contribution in [0.25, 0.3) is 0 Å². The number of nitrogens with one attached hydrogen (secondary N) is 1. The molecular weight excluding hydrogens is 261 g/mol. The first kappa shape index (κ1) is 10.9. The van der Waals surface area contributed by atoms with Crippen LogP contribution in [-0.4, -0.2) is 19.7 Å². The van der Waals surface area contributed by atoms with Crippen LogP contribution in [0.4, 0.5) is 4.39 Å². The van der Waals surface area contributed by atoms with Crippen LogP contribution in [0.1, 0.15) is 6.42 Å². The van der Waals surface area contributed by atoms with Gasteiger partial charge in [0, 0.05) is 16.9 Å². The highest BCUT2D eigenvalue weighted by Gasteiger charge is 2.15. The quantitative estimate of drug-likeness (QED) is 0.914. The molecule has 0 saturated carbocycles. The Morgan fingerprint density at radius 1 is 1.53 bits per heavy atom. The lowest BCUT2D eigenvalue weighted by molar-refractivity contribution is 0.249. The fourth-order valence-corrected chi connectivity index (χ4v) is 1.99. The highest BCUT2D eigenvalue weighted by molar-refractivity contribution is 9.10. The minimum Gasteiger partial charge on any atom is -0.490 e. The summed E-state index contributed by atoms with van der Waals surface area (Å²) in [6, 6.07) is 4.86. The molecule has 1 N–H and O–H groups in total. The zero-order valence-corrected chi connectivity index (χ0v) is 9.89. The third kappa shape index (κ3) is 2.92. The van der Waals surface area contributed by atoms with Gasteiger partial charge in [0.25, 0.3) is 0 Å². The van der Waals surface area contributed by atoms with Crippen LogP contribution in [0, 0.1) is 11.7 Å². The summed E-state index contributed by atoms with van der Waals surface area (Å²) in [6.45, 7) is 2.60. The molecule has 0 bridgehead atoms. The van der Waals surface area contributed by atoms with Crippen LogP contribution >= 0.6 is 15.9 Å². The van der Waals surface area contributed by atoms with Crippen molar-refractivity contribution in [2.24, 2.45) is 5.92 Å². The maximum atomic E-state index is 13.4. The largest absolute Gasteiger partial charge is 0.490 e. The second-order valence-corrected chi connectivity index (χ2v) is 4.66. The van der Waals surface area contributed by atoms with Crippen molar-refractivity contribution in [1.29, 1.82) is 0 Å². The molecule has 1 aromatic carbocycles. The summed E-state index contributed by atoms with van der Waals surface area (Å²) in [5.41, 5.74) is 0. The molecule has 1 aromatic rings. The third-order valence-corrected chi connectivity index (χ3v) is 3.02. The van der Waals surface area contributed by atoms with E-state index in [-0.39, 0.29) is 5.82 Å². The molecule has 0 aromatic heterocycles. The summed E-state index contributed by atoms with van der Waals surface area (Å²) in [5.74, 6) is 0.536. The Balaban J connectivity index is 1.92. The first-order valence-electron chi connectivity index (χ1n) is 5.04. The van der Waals surface area contributed by atoms with Gasteiger partial charge < -0.3 is 10.1 Å². The van der Waals surface area contributed by atoms with Gasteiger partial charge in [0.05, 0.1) is 6.61 Å². The Morgan fingerprint density at radius 3 is 3.07 bits per heavy atom. The molecule has 0 radical (unpaired) electrons. The van der Waals surface area contributed by atoms with Gasteiger partial charge >= 0.3 is 0 Å². The van der Waals surface area contributed by atoms with Gasteiger partial charge in [0.15, 0.2) is 11.6 Å². The molecule has 82 valence electrons. The van der Waals surface area contributed by atoms with E-state index in [4.69, 9.17) is 4.74 Å². The van der Waals surface area contributed by atoms with E-state index in [0.29, 0.717) is 18.3 Å². The monoisotopic (exact) mass is 273 g/mol. The Bertz CT molecular complexity index is 339. The average Bonchev–Trinajstić information content (AvgIpc) is 2.69. The lowest BCUT2D eigenvalue weighted by Crippen LogP contribution is -2.15. The first-order valence-corrected chi connectivity index (χ1v) is 5.83. The molecule has 15 heavy (non-hydrogen) atoms. The summed E-state index contributed by atoms with van der Waals surface area (Å²) in [5, 5.41) is 3.25. The maximum Gasteiger partial charge on any atom is 0.166 e. The highest BCUT2D eigenvalue weighted by atomic mass is 79.9. The van der Waals surface area contributed by atoms with Crippen molar-refractivity contribution < 1.29 is 9.13 Å². The molecule has 1 atom stereocenters. The van der Waals surface area contributed by atoms with E-state index < -0.39 is 0 Å². The van der Waals surface area contributed by atoms with Gasteiger partial charge in [-0.2, -0.15) is 0 Å². The molecule has 1 aliphatic rings. The standard InChI is InChI=1S/C11H13BrFNO/c12-9-1-2-11(10(13)5-9)15-7-8-3-4-14-6-8/h1-2,5,8,14H,3-4,6-7H2/t8-/m0/s1. The molecule has 4 heteroatoms. The van der Waals surface area contributed by atoms with Crippen LogP contribution < -0.4 is 10.1 Å². The third-order valence-electron chi connectivity index (χ3n) is 2.53. The normalized spacial score (nSPS) is 20.5. The second kappa shape index (κ2) is 4.94. The predicted molar refractivity (Wildman–Crippen MR) is 60.6 cm³/mol. The molecular formula is C11H13BrFNO. The number of hydrogen-bond donors (Lipinski definition) is 1. The van der Waals surface area contributed by atoms with Crippen molar-refractivity contribution in [1.82, 2.24) is 5.32 Å². The zero-order valence-electron chi connectivity index (χ0n) is 8.30. The Labute approximate surface area is 96.9 Å². The molecule has 0 spiro atoms. The van der Waals surface area contributed by atoms with Gasteiger partial charge in [-0.25, -0.2) is 4.39 Å². The molecule has 1 aliphatic heterocycles. The van der Waals surface area contributed by atoms with Crippen molar-refractivity contribution in [3.8, 4) is 5.75 Å². The molecule has 0 amide bonds. The Morgan fingerprint density at radius 2 is 2.40 bits per heavy atom. The topological polar surface area (TPSA) is 21.3 Å². The fourth-order valence-electron chi connectivity index (χ4n) is 1.66. The van der Waals surface area contributed by atoms with E-state index >= 15 is 0 Å². The van der Waals surface area contributed by atoms with E-state index in [9.17, 15) is 4.39 Å². The number of benzene rings is 1. The number of hydrogen-bond acceptors (Lipinski definition) is 2. The van der Waals surface area contributed by atoms with Gasteiger partial charge in [-0.15, -0.1) is 0 Å². The van der Waals surface area contributed by atoms with Gasteiger partial charge in [-0.3, -0.25) is 0 Å². The van der Waals surface area contributed by atoms with Gasteiger partial charge in [0.1, 0.15) is 0 Å². The van der Waals surface area contributed by atoms with E-state index in [1.54, 1.807) is 12.1 Å². The summed E-state index contributed by atoms with van der Waals surface area (Å²) in [6.07, 6.45) is 1.11. The smallest absolute Gasteiger partial charge is 0.166 e. The summed E-state index contributed by atoms with van der Waals surface area (Å²) >= 11 is 3.21. The summed E-state index contributed by atoms with van der Waals surface area (Å²) < 4.78 is 19.5. The van der Waals surface area contributed by atoms with Gasteiger partial charge in [-0.05, 0) is 31.2 Å². The summed E-state index contributed by atoms with van der Waals surface area (Å²) in [7, 11) is 0. The van der Waals surface area contributed by atoms with Crippen molar-refractivity contribution in [3.63, 3.8) is 0 Å². The Hall–Kier alpha value is -0.610. The average molecular weight is 274 g/mol. The fraction of sp³-hybridized carbons (Fsp3) is 0.455. The van der Waals surface area contributed by atoms with Crippen LogP contribution in [0.5, 0.6) is 5.75 Å². The first-order chi connectivity index (χ1) is 7.25. The lowest BCUT2D eigenvalue weighted by Gasteiger charge is -2.11. The van der Waals surface area contributed by atoms with Crippen molar-refractivity contribution in [2.75, 3.05) is 19.7 Å². The second-order valence-electron chi connectivity index (χ2n) is 3.74. The molecule has 2 rings (SSSR count). The molecule has 1 saturated heterocycles. The highest BCUT2D eigenvalue weighted by Crippen LogP contribution is 2.22. The van der Waals surface area contributed by atoms with E-state index in [1.807, 2.05) is 0 Å². The molecule has 2 nitrogen and oxygen atoms in total. The van der Waals surface area contributed by atoms with Crippen LogP contribution in [-0.2, 0) is 0 Å². The van der Waals surface area contributed by atoms with Gasteiger partial charge in [-0.1, -0.05) is 15.9 Å². The predicted octanol–water partition coefficient (Wildman–Crippen LogP) is 2.58. The van der Waals surface area contributed by atoms with E-state index in [1.165, 1.54) is 6.07 Å². The maximum absolute atomic E-state index is 13.4. The molecule has 1 fully saturated rings. The number of rotatable bonds is 3. The lowest BCUT2D eigenvalue weighted by atomic mass is 10.1. The molecule has 0 aliphatic carbocycles. The van der Waals surface area contributed by atoms with Crippen LogP contribution in [0.2, 0.25) is 0 Å². The minimum atomic E-state index is -0.310. The Kier molecular flexibility index (Phi) is 3.59. The van der Waals surface area contributed by atoms with E-state index in [2.05, 4.69) is 21.2 Å². The SMILES string of the molecule is Fc1cc(Br)ccc1OC[C@H]1CCNC1. The van der Waals surface area contributed by atoms with Crippen LogP contribution in [0.3, 0.4) is 0 Å². The molecule has 0 unspecified atom stereocenters. The van der Waals surface area contributed by atoms with Crippen molar-refractivity contribution in [3.05, 3.63) is 28.5 Å². The number of halogens is 2. The van der Waals surface area contributed by atoms with E-state index in [0.717, 1.165) is 24.0 Å². The number of ether oxygens (including phenoxy) is 1. The van der Waals surface area contributed by atoms with Crippen molar-refractivity contribution >= 4 is 15.9 Å². The summed E-state index contributed by atoms with van der Waals surface area (Å²) in [4.78, 5) is 0. The minimum absolute atomic E-state index is 0.310. The van der Waals surface area contributed by atoms with Crippen LogP contribution in [0.15, 0.2) is 22.7 Å². The van der Waals surface area contributed by atoms with Crippen molar-refractivity contribution in [2.45, 2.75) is 6.42 Å².